The van der Waals surface area contributed by atoms with E-state index in [1.165, 1.54) is 18.9 Å². The zero-order valence-corrected chi connectivity index (χ0v) is 15.4. The maximum Gasteiger partial charge on any atom is 0.234 e. The third kappa shape index (κ3) is 6.71. The van der Waals surface area contributed by atoms with Crippen molar-refractivity contribution in [3.8, 4) is 5.75 Å². The van der Waals surface area contributed by atoms with Gasteiger partial charge in [-0.15, -0.1) is 11.8 Å². The Morgan fingerprint density at radius 1 is 1.30 bits per heavy atom. The number of hydrogen-bond acceptors (Lipinski definition) is 4. The van der Waals surface area contributed by atoms with E-state index < -0.39 is 0 Å². The molecule has 1 aromatic carbocycles. The van der Waals surface area contributed by atoms with Gasteiger partial charge in [-0.1, -0.05) is 18.5 Å². The number of rotatable bonds is 8. The highest BCUT2D eigenvalue weighted by molar-refractivity contribution is 8.00. The third-order valence-corrected chi connectivity index (χ3v) is 4.58. The van der Waals surface area contributed by atoms with E-state index in [1.54, 1.807) is 12.1 Å². The molecule has 23 heavy (non-hydrogen) atoms. The van der Waals surface area contributed by atoms with Crippen LogP contribution >= 0.6 is 23.4 Å². The SMILES string of the molecule is CCC(C)NC(=O)CSCC(=O)Nc1cc(C)c(Cl)cc1OC. The predicted molar refractivity (Wildman–Crippen MR) is 96.6 cm³/mol. The van der Waals surface area contributed by atoms with E-state index in [0.717, 1.165) is 12.0 Å². The number of halogens is 1. The van der Waals surface area contributed by atoms with Crippen LogP contribution in [0.2, 0.25) is 5.02 Å². The van der Waals surface area contributed by atoms with Gasteiger partial charge in [0.05, 0.1) is 24.3 Å². The standard InChI is InChI=1S/C16H23ClN2O3S/c1-5-11(3)18-15(20)8-23-9-16(21)19-13-6-10(2)12(17)7-14(13)22-4/h6-7,11H,5,8-9H2,1-4H3,(H,18,20)(H,19,21). The largest absolute Gasteiger partial charge is 0.495 e. The van der Waals surface area contributed by atoms with Crippen LogP contribution in [0.4, 0.5) is 5.69 Å². The fourth-order valence-electron chi connectivity index (χ4n) is 1.77. The summed E-state index contributed by atoms with van der Waals surface area (Å²) in [6, 6.07) is 3.58. The Morgan fingerprint density at radius 3 is 2.57 bits per heavy atom. The Kier molecular flexibility index (Phi) is 8.26. The molecule has 1 aromatic rings. The predicted octanol–water partition coefficient (Wildman–Crippen LogP) is 3.24. The number of methoxy groups -OCH3 is 1. The molecule has 0 aromatic heterocycles. The van der Waals surface area contributed by atoms with E-state index in [0.29, 0.717) is 16.5 Å². The number of amides is 2. The van der Waals surface area contributed by atoms with Crippen molar-refractivity contribution in [1.82, 2.24) is 5.32 Å². The Morgan fingerprint density at radius 2 is 1.96 bits per heavy atom. The first-order chi connectivity index (χ1) is 10.9. The fraction of sp³-hybridized carbons (Fsp3) is 0.500. The first kappa shape index (κ1) is 19.6. The molecule has 5 nitrogen and oxygen atoms in total. The molecular weight excluding hydrogens is 336 g/mol. The number of benzene rings is 1. The van der Waals surface area contributed by atoms with Gasteiger partial charge in [-0.25, -0.2) is 0 Å². The number of ether oxygens (including phenoxy) is 1. The lowest BCUT2D eigenvalue weighted by Gasteiger charge is -2.13. The molecule has 0 aliphatic carbocycles. The molecule has 0 spiro atoms. The number of carbonyl (C=O) groups is 2. The van der Waals surface area contributed by atoms with E-state index in [4.69, 9.17) is 16.3 Å². The fourth-order valence-corrected chi connectivity index (χ4v) is 2.55. The Hall–Kier alpha value is -1.40. The van der Waals surface area contributed by atoms with Crippen LogP contribution in [0.15, 0.2) is 12.1 Å². The minimum Gasteiger partial charge on any atom is -0.495 e. The van der Waals surface area contributed by atoms with Crippen molar-refractivity contribution >= 4 is 40.9 Å². The van der Waals surface area contributed by atoms with Crippen LogP contribution in [0.5, 0.6) is 5.75 Å². The van der Waals surface area contributed by atoms with Crippen LogP contribution in [-0.2, 0) is 9.59 Å². The molecule has 0 aliphatic heterocycles. The molecule has 128 valence electrons. The number of aryl methyl sites for hydroxylation is 1. The molecule has 2 N–H and O–H groups in total. The molecule has 0 heterocycles. The summed E-state index contributed by atoms with van der Waals surface area (Å²) in [5, 5.41) is 6.22. The summed E-state index contributed by atoms with van der Waals surface area (Å²) < 4.78 is 5.21. The van der Waals surface area contributed by atoms with E-state index in [-0.39, 0.29) is 29.4 Å². The van der Waals surface area contributed by atoms with E-state index in [9.17, 15) is 9.59 Å². The summed E-state index contributed by atoms with van der Waals surface area (Å²) in [6.45, 7) is 5.81. The highest BCUT2D eigenvalue weighted by atomic mass is 35.5. The molecule has 1 unspecified atom stereocenters. The third-order valence-electron chi connectivity index (χ3n) is 3.24. The molecule has 7 heteroatoms. The molecule has 1 rings (SSSR count). The van der Waals surface area contributed by atoms with E-state index in [2.05, 4.69) is 10.6 Å². The molecule has 0 bridgehead atoms. The normalized spacial score (nSPS) is 11.7. The summed E-state index contributed by atoms with van der Waals surface area (Å²) in [5.74, 6) is 0.713. The lowest BCUT2D eigenvalue weighted by atomic mass is 10.2. The first-order valence-corrected chi connectivity index (χ1v) is 8.91. The number of anilines is 1. The molecule has 0 aliphatic rings. The average Bonchev–Trinajstić information content (AvgIpc) is 2.50. The van der Waals surface area contributed by atoms with Gasteiger partial charge >= 0.3 is 0 Å². The molecule has 0 fully saturated rings. The van der Waals surface area contributed by atoms with Crippen molar-refractivity contribution in [2.24, 2.45) is 0 Å². The summed E-state index contributed by atoms with van der Waals surface area (Å²) >= 11 is 7.30. The highest BCUT2D eigenvalue weighted by Gasteiger charge is 2.12. The monoisotopic (exact) mass is 358 g/mol. The van der Waals surface area contributed by atoms with E-state index >= 15 is 0 Å². The van der Waals surface area contributed by atoms with Crippen molar-refractivity contribution in [1.29, 1.82) is 0 Å². The quantitative estimate of drug-likeness (QED) is 0.748. The van der Waals surface area contributed by atoms with Crippen molar-refractivity contribution < 1.29 is 14.3 Å². The van der Waals surface area contributed by atoms with Gasteiger partial charge in [0.25, 0.3) is 0 Å². The van der Waals surface area contributed by atoms with Crippen LogP contribution in [0.3, 0.4) is 0 Å². The summed E-state index contributed by atoms with van der Waals surface area (Å²) in [5.41, 5.74) is 1.42. The van der Waals surface area contributed by atoms with Crippen molar-refractivity contribution in [2.45, 2.75) is 33.2 Å². The molecule has 1 atom stereocenters. The average molecular weight is 359 g/mol. The zero-order chi connectivity index (χ0) is 17.4. The summed E-state index contributed by atoms with van der Waals surface area (Å²) in [7, 11) is 1.52. The molecular formula is C16H23ClN2O3S. The van der Waals surface area contributed by atoms with Crippen LogP contribution < -0.4 is 15.4 Å². The van der Waals surface area contributed by atoms with Crippen LogP contribution in [0, 0.1) is 6.92 Å². The van der Waals surface area contributed by atoms with Gasteiger partial charge in [-0.3, -0.25) is 9.59 Å². The van der Waals surface area contributed by atoms with Crippen molar-refractivity contribution in [2.75, 3.05) is 23.9 Å². The van der Waals surface area contributed by atoms with Gasteiger partial charge in [0.15, 0.2) is 0 Å². The number of thioether (sulfide) groups is 1. The van der Waals surface area contributed by atoms with Gasteiger partial charge < -0.3 is 15.4 Å². The van der Waals surface area contributed by atoms with Gasteiger partial charge in [-0.2, -0.15) is 0 Å². The molecule has 0 radical (unpaired) electrons. The number of nitrogens with one attached hydrogen (secondary N) is 2. The highest BCUT2D eigenvalue weighted by Crippen LogP contribution is 2.30. The maximum absolute atomic E-state index is 12.0. The Labute approximate surface area is 146 Å². The van der Waals surface area contributed by atoms with Crippen molar-refractivity contribution in [3.63, 3.8) is 0 Å². The van der Waals surface area contributed by atoms with E-state index in [1.807, 2.05) is 20.8 Å². The van der Waals surface area contributed by atoms with Crippen LogP contribution in [0.1, 0.15) is 25.8 Å². The van der Waals surface area contributed by atoms with Crippen LogP contribution in [0.25, 0.3) is 0 Å². The smallest absolute Gasteiger partial charge is 0.234 e. The number of carbonyl (C=O) groups excluding carboxylic acids is 2. The molecule has 0 saturated carbocycles. The second-order valence-corrected chi connectivity index (χ2v) is 6.61. The topological polar surface area (TPSA) is 67.4 Å². The lowest BCUT2D eigenvalue weighted by molar-refractivity contribution is -0.119. The van der Waals surface area contributed by atoms with Gasteiger partial charge in [-0.05, 0) is 31.9 Å². The van der Waals surface area contributed by atoms with Crippen LogP contribution in [-0.4, -0.2) is 36.5 Å². The summed E-state index contributed by atoms with van der Waals surface area (Å²) in [4.78, 5) is 23.6. The Bertz CT molecular complexity index is 567. The summed E-state index contributed by atoms with van der Waals surface area (Å²) in [6.07, 6.45) is 0.882. The zero-order valence-electron chi connectivity index (χ0n) is 13.9. The number of hydrogen-bond donors (Lipinski definition) is 2. The van der Waals surface area contributed by atoms with Gasteiger partial charge in [0.2, 0.25) is 11.8 Å². The second-order valence-electron chi connectivity index (χ2n) is 5.22. The van der Waals surface area contributed by atoms with Gasteiger partial charge in [0, 0.05) is 17.1 Å². The lowest BCUT2D eigenvalue weighted by Crippen LogP contribution is -2.33. The molecule has 0 saturated heterocycles. The van der Waals surface area contributed by atoms with Crippen molar-refractivity contribution in [3.05, 3.63) is 22.7 Å². The first-order valence-electron chi connectivity index (χ1n) is 7.38. The second kappa shape index (κ2) is 9.67. The Balaban J connectivity index is 2.48. The maximum atomic E-state index is 12.0. The minimum atomic E-state index is -0.189. The minimum absolute atomic E-state index is 0.0583. The molecule has 2 amide bonds. The van der Waals surface area contributed by atoms with Gasteiger partial charge in [0.1, 0.15) is 5.75 Å².